The zero-order valence-corrected chi connectivity index (χ0v) is 24.1. The number of benzene rings is 3. The molecule has 2 amide bonds. The molecular weight excluding hydrogens is 556 g/mol. The average Bonchev–Trinajstić information content (AvgIpc) is 3.45. The van der Waals surface area contributed by atoms with Crippen molar-refractivity contribution in [3.05, 3.63) is 107 Å². The maximum absolute atomic E-state index is 13.8. The first-order valence-electron chi connectivity index (χ1n) is 13.7. The van der Waals surface area contributed by atoms with Crippen LogP contribution in [0.2, 0.25) is 5.02 Å². The molecule has 3 aromatic carbocycles. The number of carbonyl (C=O) groups is 3. The summed E-state index contributed by atoms with van der Waals surface area (Å²) >= 11 is 6.10. The highest BCUT2D eigenvalue weighted by atomic mass is 35.5. The lowest BCUT2D eigenvalue weighted by Crippen LogP contribution is -2.47. The summed E-state index contributed by atoms with van der Waals surface area (Å²) in [5, 5.41) is 9.77. The van der Waals surface area contributed by atoms with Crippen molar-refractivity contribution in [3.63, 3.8) is 0 Å². The van der Waals surface area contributed by atoms with E-state index in [1.54, 1.807) is 63.9 Å². The highest BCUT2D eigenvalue weighted by Gasteiger charge is 2.38. The van der Waals surface area contributed by atoms with Crippen molar-refractivity contribution in [2.45, 2.75) is 45.3 Å². The number of amides is 2. The molecule has 5 rings (SSSR count). The number of carboxylic acids is 1. The van der Waals surface area contributed by atoms with Crippen molar-refractivity contribution < 1.29 is 24.2 Å². The molecule has 1 aromatic heterocycles. The van der Waals surface area contributed by atoms with E-state index in [4.69, 9.17) is 16.3 Å². The van der Waals surface area contributed by atoms with Gasteiger partial charge in [-0.1, -0.05) is 29.8 Å². The Bertz CT molecular complexity index is 1590. The molecule has 2 heterocycles. The molecule has 2 unspecified atom stereocenters. The number of aromatic nitrogens is 2. The quantitative estimate of drug-likeness (QED) is 0.233. The molecule has 2 atom stereocenters. The van der Waals surface area contributed by atoms with E-state index in [-0.39, 0.29) is 29.7 Å². The van der Waals surface area contributed by atoms with E-state index in [1.165, 1.54) is 6.20 Å². The number of para-hydroxylation sites is 1. The van der Waals surface area contributed by atoms with Gasteiger partial charge in [0.15, 0.2) is 0 Å². The van der Waals surface area contributed by atoms with Gasteiger partial charge in [0.2, 0.25) is 11.7 Å². The van der Waals surface area contributed by atoms with Crippen LogP contribution in [0.15, 0.2) is 85.2 Å². The van der Waals surface area contributed by atoms with Crippen molar-refractivity contribution in [1.29, 1.82) is 0 Å². The zero-order chi connectivity index (χ0) is 29.8. The minimum atomic E-state index is -1.07. The van der Waals surface area contributed by atoms with Gasteiger partial charge < -0.3 is 24.2 Å². The van der Waals surface area contributed by atoms with E-state index in [0.29, 0.717) is 42.3 Å². The number of rotatable bonds is 9. The normalized spacial score (nSPS) is 16.0. The summed E-state index contributed by atoms with van der Waals surface area (Å²) in [6.07, 6.45) is 4.24. The molecule has 10 heteroatoms. The number of anilines is 2. The molecule has 216 valence electrons. The number of halogens is 1. The van der Waals surface area contributed by atoms with Crippen LogP contribution in [0.3, 0.4) is 0 Å². The number of fused-ring (bicyclic) bond motifs is 1. The Labute approximate surface area is 248 Å². The Balaban J connectivity index is 1.30. The summed E-state index contributed by atoms with van der Waals surface area (Å²) in [6.45, 7) is 4.38. The predicted molar refractivity (Wildman–Crippen MR) is 160 cm³/mol. The van der Waals surface area contributed by atoms with Gasteiger partial charge in [-0.2, -0.15) is 0 Å². The number of aromatic carboxylic acids is 1. The van der Waals surface area contributed by atoms with Gasteiger partial charge in [0.25, 0.3) is 5.91 Å². The van der Waals surface area contributed by atoms with Gasteiger partial charge in [-0.3, -0.25) is 9.59 Å². The second-order valence-corrected chi connectivity index (χ2v) is 10.6. The number of nitrogens with zero attached hydrogens (tertiary/aromatic N) is 4. The fraction of sp³-hybridized carbons (Fsp3) is 0.250. The summed E-state index contributed by atoms with van der Waals surface area (Å²) in [5.74, 6) is -0.686. The number of ether oxygens (including phenoxy) is 1. The van der Waals surface area contributed by atoms with E-state index in [9.17, 15) is 19.5 Å². The Morgan fingerprint density at radius 1 is 1.05 bits per heavy atom. The highest BCUT2D eigenvalue weighted by molar-refractivity contribution is 6.30. The zero-order valence-electron chi connectivity index (χ0n) is 23.3. The second-order valence-electron chi connectivity index (χ2n) is 10.2. The third-order valence-corrected chi connectivity index (χ3v) is 7.61. The van der Waals surface area contributed by atoms with Crippen LogP contribution in [0.5, 0.6) is 5.75 Å². The van der Waals surface area contributed by atoms with Crippen LogP contribution in [-0.2, 0) is 11.3 Å². The maximum Gasteiger partial charge on any atom is 0.372 e. The standard InChI is InChI=1S/C32H31ClN4O5/c1-21-20-29(37(22(2)38)25-12-10-24(33)11-13-25)27-6-3-4-7-28(27)36(21)31(39)23-8-14-26(15-9-23)42-19-5-17-35-18-16-34-30(35)32(40)41/h3-4,6-16,18,21,29H,5,17,19-20H2,1-2H3,(H,40,41). The topological polar surface area (TPSA) is 105 Å². The van der Waals surface area contributed by atoms with E-state index in [0.717, 1.165) is 16.9 Å². The number of carbonyl (C=O) groups excluding carboxylic acids is 2. The molecule has 9 nitrogen and oxygen atoms in total. The van der Waals surface area contributed by atoms with Crippen LogP contribution in [0, 0.1) is 0 Å². The first-order chi connectivity index (χ1) is 20.2. The van der Waals surface area contributed by atoms with Crippen molar-refractivity contribution in [2.75, 3.05) is 16.4 Å². The van der Waals surface area contributed by atoms with Crippen LogP contribution < -0.4 is 14.5 Å². The molecule has 4 aromatic rings. The van der Waals surface area contributed by atoms with Gasteiger partial charge in [0, 0.05) is 53.9 Å². The summed E-state index contributed by atoms with van der Waals surface area (Å²) in [6, 6.07) is 21.5. The van der Waals surface area contributed by atoms with Gasteiger partial charge in [-0.25, -0.2) is 9.78 Å². The molecule has 0 fully saturated rings. The van der Waals surface area contributed by atoms with E-state index in [2.05, 4.69) is 4.98 Å². The number of aryl methyl sites for hydroxylation is 1. The third kappa shape index (κ3) is 6.01. The van der Waals surface area contributed by atoms with Gasteiger partial charge in [0.1, 0.15) is 5.75 Å². The van der Waals surface area contributed by atoms with Crippen molar-refractivity contribution in [3.8, 4) is 5.75 Å². The fourth-order valence-electron chi connectivity index (χ4n) is 5.46. The molecule has 1 N–H and O–H groups in total. The first-order valence-corrected chi connectivity index (χ1v) is 14.1. The van der Waals surface area contributed by atoms with Crippen LogP contribution >= 0.6 is 11.6 Å². The minimum Gasteiger partial charge on any atom is -0.494 e. The maximum atomic E-state index is 13.8. The van der Waals surface area contributed by atoms with Crippen molar-refractivity contribution >= 4 is 40.8 Å². The second kappa shape index (κ2) is 12.5. The third-order valence-electron chi connectivity index (χ3n) is 7.36. The lowest BCUT2D eigenvalue weighted by Gasteiger charge is -2.43. The molecular formula is C32H31ClN4O5. The highest BCUT2D eigenvalue weighted by Crippen LogP contribution is 2.43. The largest absolute Gasteiger partial charge is 0.494 e. The van der Waals surface area contributed by atoms with E-state index in [1.807, 2.05) is 43.3 Å². The van der Waals surface area contributed by atoms with Gasteiger partial charge in [0.05, 0.1) is 12.6 Å². The summed E-state index contributed by atoms with van der Waals surface area (Å²) < 4.78 is 7.39. The molecule has 0 saturated heterocycles. The Kier molecular flexibility index (Phi) is 8.59. The number of imidazole rings is 1. The van der Waals surface area contributed by atoms with E-state index >= 15 is 0 Å². The van der Waals surface area contributed by atoms with Gasteiger partial charge >= 0.3 is 5.97 Å². The fourth-order valence-corrected chi connectivity index (χ4v) is 5.59. The number of hydrogen-bond acceptors (Lipinski definition) is 5. The van der Waals surface area contributed by atoms with Gasteiger partial charge in [-0.15, -0.1) is 0 Å². The molecule has 0 spiro atoms. The Hall–Kier alpha value is -4.63. The van der Waals surface area contributed by atoms with E-state index < -0.39 is 5.97 Å². The van der Waals surface area contributed by atoms with Crippen molar-refractivity contribution in [1.82, 2.24) is 9.55 Å². The Morgan fingerprint density at radius 2 is 1.76 bits per heavy atom. The van der Waals surface area contributed by atoms with Crippen molar-refractivity contribution in [2.24, 2.45) is 0 Å². The van der Waals surface area contributed by atoms with Crippen LogP contribution in [-0.4, -0.2) is 45.1 Å². The number of hydrogen-bond donors (Lipinski definition) is 1. The van der Waals surface area contributed by atoms with Crippen LogP contribution in [0.1, 0.15) is 59.3 Å². The lowest BCUT2D eigenvalue weighted by atomic mass is 9.89. The molecule has 1 aliphatic heterocycles. The molecule has 0 bridgehead atoms. The molecule has 42 heavy (non-hydrogen) atoms. The molecule has 0 aliphatic carbocycles. The molecule has 0 radical (unpaired) electrons. The summed E-state index contributed by atoms with van der Waals surface area (Å²) in [7, 11) is 0. The molecule has 0 saturated carbocycles. The SMILES string of the molecule is CC(=O)N(c1ccc(Cl)cc1)C1CC(C)N(C(=O)c2ccc(OCCCn3ccnc3C(=O)O)cc2)c2ccccc21. The summed E-state index contributed by atoms with van der Waals surface area (Å²) in [4.78, 5) is 45.3. The average molecular weight is 587 g/mol. The van der Waals surface area contributed by atoms with Crippen LogP contribution in [0.4, 0.5) is 11.4 Å². The van der Waals surface area contributed by atoms with Crippen LogP contribution in [0.25, 0.3) is 0 Å². The molecule has 1 aliphatic rings. The van der Waals surface area contributed by atoms with Gasteiger partial charge in [-0.05, 0) is 79.9 Å². The first kappa shape index (κ1) is 28.9. The summed E-state index contributed by atoms with van der Waals surface area (Å²) in [5.41, 5.74) is 2.94. The Morgan fingerprint density at radius 3 is 2.45 bits per heavy atom. The monoisotopic (exact) mass is 586 g/mol. The minimum absolute atomic E-state index is 0.00307. The lowest BCUT2D eigenvalue weighted by molar-refractivity contribution is -0.117. The predicted octanol–water partition coefficient (Wildman–Crippen LogP) is 6.24. The number of carboxylic acid groups (broad SMARTS) is 1. The smallest absolute Gasteiger partial charge is 0.372 e.